The minimum Gasteiger partial charge on any atom is -0.385 e. The van der Waals surface area contributed by atoms with Crippen LogP contribution in [0.3, 0.4) is 0 Å². The molecule has 6 nitrogen and oxygen atoms in total. The van der Waals surface area contributed by atoms with Gasteiger partial charge in [-0.25, -0.2) is 4.79 Å². The number of imidazole rings is 1. The average molecular weight is 227 g/mol. The number of carbonyl (C=O) groups excluding carboxylic acids is 1. The molecule has 0 saturated carbocycles. The molecule has 0 fully saturated rings. The van der Waals surface area contributed by atoms with Crippen LogP contribution in [0.1, 0.15) is 6.42 Å². The lowest BCUT2D eigenvalue weighted by Crippen LogP contribution is -2.33. The summed E-state index contributed by atoms with van der Waals surface area (Å²) in [4.78, 5) is 22.8. The molecule has 6 heteroatoms. The molecule has 0 spiro atoms. The second-order valence-electron chi connectivity index (χ2n) is 3.52. The molecular formula is C10H17N3O3. The minimum atomic E-state index is -0.188. The highest BCUT2D eigenvalue weighted by Crippen LogP contribution is 1.83. The van der Waals surface area contributed by atoms with Gasteiger partial charge in [0.25, 0.3) is 0 Å². The molecule has 0 atom stereocenters. The number of aromatic nitrogens is 2. The summed E-state index contributed by atoms with van der Waals surface area (Å²) in [6, 6.07) is 0. The fraction of sp³-hybridized carbons (Fsp3) is 0.600. The van der Waals surface area contributed by atoms with Crippen molar-refractivity contribution in [2.75, 3.05) is 20.3 Å². The van der Waals surface area contributed by atoms with Gasteiger partial charge < -0.3 is 14.6 Å². The fourth-order valence-corrected chi connectivity index (χ4v) is 1.29. The summed E-state index contributed by atoms with van der Waals surface area (Å²) in [5.41, 5.74) is -0.188. The maximum absolute atomic E-state index is 11.4. The number of hydrogen-bond acceptors (Lipinski definition) is 3. The summed E-state index contributed by atoms with van der Waals surface area (Å²) in [5, 5.41) is 2.71. The number of nitrogens with one attached hydrogen (secondary N) is 1. The van der Waals surface area contributed by atoms with E-state index in [4.69, 9.17) is 4.74 Å². The number of nitrogens with zero attached hydrogens (tertiary/aromatic N) is 2. The van der Waals surface area contributed by atoms with Crippen molar-refractivity contribution in [3.63, 3.8) is 0 Å². The zero-order valence-electron chi connectivity index (χ0n) is 9.60. The van der Waals surface area contributed by atoms with Crippen molar-refractivity contribution in [1.82, 2.24) is 14.5 Å². The quantitative estimate of drug-likeness (QED) is 0.656. The summed E-state index contributed by atoms with van der Waals surface area (Å²) in [5.74, 6) is -0.163. The summed E-state index contributed by atoms with van der Waals surface area (Å²) < 4.78 is 7.65. The molecule has 90 valence electrons. The molecular weight excluding hydrogens is 210 g/mol. The predicted molar refractivity (Wildman–Crippen MR) is 59.2 cm³/mol. The Morgan fingerprint density at radius 1 is 1.50 bits per heavy atom. The topological polar surface area (TPSA) is 65.3 Å². The Hall–Kier alpha value is -1.56. The molecule has 0 aromatic carbocycles. The second-order valence-corrected chi connectivity index (χ2v) is 3.52. The molecule has 1 heterocycles. The highest BCUT2D eigenvalue weighted by molar-refractivity contribution is 5.75. The average Bonchev–Trinajstić information content (AvgIpc) is 2.56. The molecule has 0 radical (unpaired) electrons. The van der Waals surface area contributed by atoms with E-state index < -0.39 is 0 Å². The maximum Gasteiger partial charge on any atom is 0.328 e. The van der Waals surface area contributed by atoms with E-state index in [0.717, 1.165) is 6.42 Å². The first-order valence-corrected chi connectivity index (χ1v) is 5.12. The molecule has 1 amide bonds. The van der Waals surface area contributed by atoms with Gasteiger partial charge in [-0.3, -0.25) is 9.36 Å². The second kappa shape index (κ2) is 6.12. The fourth-order valence-electron chi connectivity index (χ4n) is 1.29. The van der Waals surface area contributed by atoms with Crippen molar-refractivity contribution in [3.05, 3.63) is 22.9 Å². The van der Waals surface area contributed by atoms with Crippen LogP contribution in [-0.4, -0.2) is 35.3 Å². The van der Waals surface area contributed by atoms with Crippen molar-refractivity contribution < 1.29 is 9.53 Å². The molecule has 16 heavy (non-hydrogen) atoms. The van der Waals surface area contributed by atoms with Gasteiger partial charge in [0, 0.05) is 39.7 Å². The zero-order chi connectivity index (χ0) is 12.0. The van der Waals surface area contributed by atoms with Crippen LogP contribution >= 0.6 is 0 Å². The lowest BCUT2D eigenvalue weighted by Gasteiger charge is -2.04. The molecule has 0 aliphatic carbocycles. The zero-order valence-corrected chi connectivity index (χ0v) is 9.60. The number of methoxy groups -OCH3 is 1. The Morgan fingerprint density at radius 3 is 2.81 bits per heavy atom. The van der Waals surface area contributed by atoms with E-state index in [1.54, 1.807) is 26.6 Å². The van der Waals surface area contributed by atoms with Gasteiger partial charge in [-0.2, -0.15) is 0 Å². The van der Waals surface area contributed by atoms with E-state index >= 15 is 0 Å². The highest BCUT2D eigenvalue weighted by atomic mass is 16.5. The molecule has 0 unspecified atom stereocenters. The lowest BCUT2D eigenvalue weighted by atomic mass is 10.4. The Morgan fingerprint density at radius 2 is 2.25 bits per heavy atom. The highest BCUT2D eigenvalue weighted by Gasteiger charge is 2.05. The SMILES string of the molecule is COCCCNC(=O)Cn1ccn(C)c1=O. The Balaban J connectivity index is 2.35. The number of carbonyl (C=O) groups is 1. The van der Waals surface area contributed by atoms with Gasteiger partial charge in [0.2, 0.25) is 5.91 Å². The summed E-state index contributed by atoms with van der Waals surface area (Å²) >= 11 is 0. The van der Waals surface area contributed by atoms with Crippen molar-refractivity contribution in [2.24, 2.45) is 7.05 Å². The summed E-state index contributed by atoms with van der Waals surface area (Å²) in [6.45, 7) is 1.24. The maximum atomic E-state index is 11.4. The largest absolute Gasteiger partial charge is 0.385 e. The molecule has 1 rings (SSSR count). The van der Waals surface area contributed by atoms with Crippen LogP contribution in [0.25, 0.3) is 0 Å². The molecule has 0 aliphatic heterocycles. The number of aryl methyl sites for hydroxylation is 1. The minimum absolute atomic E-state index is 0.0622. The first-order chi connectivity index (χ1) is 7.65. The van der Waals surface area contributed by atoms with Crippen molar-refractivity contribution in [2.45, 2.75) is 13.0 Å². The van der Waals surface area contributed by atoms with E-state index in [1.165, 1.54) is 9.13 Å². The number of hydrogen-bond donors (Lipinski definition) is 1. The van der Waals surface area contributed by atoms with E-state index in [-0.39, 0.29) is 18.1 Å². The smallest absolute Gasteiger partial charge is 0.328 e. The van der Waals surface area contributed by atoms with Gasteiger partial charge in [-0.05, 0) is 6.42 Å². The Bertz CT molecular complexity index is 394. The Labute approximate surface area is 93.8 Å². The number of rotatable bonds is 6. The van der Waals surface area contributed by atoms with Crippen molar-refractivity contribution in [1.29, 1.82) is 0 Å². The molecule has 0 aliphatic rings. The number of amides is 1. The van der Waals surface area contributed by atoms with Crippen LogP contribution in [0, 0.1) is 0 Å². The van der Waals surface area contributed by atoms with Gasteiger partial charge in [0.15, 0.2) is 0 Å². The van der Waals surface area contributed by atoms with Crippen LogP contribution in [0.15, 0.2) is 17.2 Å². The molecule has 1 N–H and O–H groups in total. The van der Waals surface area contributed by atoms with Gasteiger partial charge in [0.1, 0.15) is 6.54 Å². The first kappa shape index (κ1) is 12.5. The van der Waals surface area contributed by atoms with E-state index in [2.05, 4.69) is 5.32 Å². The lowest BCUT2D eigenvalue weighted by molar-refractivity contribution is -0.121. The van der Waals surface area contributed by atoms with Gasteiger partial charge in [-0.1, -0.05) is 0 Å². The van der Waals surface area contributed by atoms with E-state index in [0.29, 0.717) is 13.2 Å². The molecule has 0 saturated heterocycles. The third-order valence-corrected chi connectivity index (χ3v) is 2.18. The third-order valence-electron chi connectivity index (χ3n) is 2.18. The summed E-state index contributed by atoms with van der Waals surface area (Å²) in [7, 11) is 3.26. The third kappa shape index (κ3) is 3.54. The Kier molecular flexibility index (Phi) is 4.78. The monoisotopic (exact) mass is 227 g/mol. The van der Waals surface area contributed by atoms with Crippen LogP contribution in [0.4, 0.5) is 0 Å². The van der Waals surface area contributed by atoms with Gasteiger partial charge >= 0.3 is 5.69 Å². The normalized spacial score (nSPS) is 10.4. The van der Waals surface area contributed by atoms with Crippen LogP contribution in [-0.2, 0) is 23.1 Å². The summed E-state index contributed by atoms with van der Waals surface area (Å²) in [6.07, 6.45) is 3.99. The molecule has 1 aromatic heterocycles. The van der Waals surface area contributed by atoms with Crippen molar-refractivity contribution >= 4 is 5.91 Å². The van der Waals surface area contributed by atoms with Crippen LogP contribution < -0.4 is 11.0 Å². The number of ether oxygens (including phenoxy) is 1. The first-order valence-electron chi connectivity index (χ1n) is 5.12. The van der Waals surface area contributed by atoms with Crippen LogP contribution in [0.5, 0.6) is 0 Å². The standard InChI is InChI=1S/C10H17N3O3/c1-12-5-6-13(10(12)15)8-9(14)11-4-3-7-16-2/h5-6H,3-4,7-8H2,1-2H3,(H,11,14). The predicted octanol–water partition coefficient (Wildman–Crippen LogP) is -0.660. The molecule has 0 bridgehead atoms. The van der Waals surface area contributed by atoms with Gasteiger partial charge in [0.05, 0.1) is 0 Å². The van der Waals surface area contributed by atoms with Crippen molar-refractivity contribution in [3.8, 4) is 0 Å². The van der Waals surface area contributed by atoms with Gasteiger partial charge in [-0.15, -0.1) is 0 Å². The van der Waals surface area contributed by atoms with Crippen LogP contribution in [0.2, 0.25) is 0 Å². The van der Waals surface area contributed by atoms with E-state index in [9.17, 15) is 9.59 Å². The van der Waals surface area contributed by atoms with E-state index in [1.807, 2.05) is 0 Å². The molecule has 1 aromatic rings.